The van der Waals surface area contributed by atoms with Crippen molar-refractivity contribution in [1.29, 1.82) is 0 Å². The lowest BCUT2D eigenvalue weighted by Gasteiger charge is -2.31. The Morgan fingerprint density at radius 2 is 1.90 bits per heavy atom. The van der Waals surface area contributed by atoms with Crippen molar-refractivity contribution in [1.82, 2.24) is 4.90 Å². The Kier molecular flexibility index (Phi) is 4.99. The van der Waals surface area contributed by atoms with E-state index in [0.29, 0.717) is 24.6 Å². The Balaban J connectivity index is 2.06. The predicted molar refractivity (Wildman–Crippen MR) is 81.2 cm³/mol. The molecule has 0 N–H and O–H groups in total. The van der Waals surface area contributed by atoms with Crippen LogP contribution in [0.2, 0.25) is 0 Å². The quantitative estimate of drug-likeness (QED) is 0.804. The summed E-state index contributed by atoms with van der Waals surface area (Å²) in [6, 6.07) is 7.75. The number of esters is 1. The summed E-state index contributed by atoms with van der Waals surface area (Å²) < 4.78 is 4.79. The molecule has 0 bridgehead atoms. The number of ether oxygens (including phenoxy) is 1. The van der Waals surface area contributed by atoms with Gasteiger partial charge in [-0.15, -0.1) is 0 Å². The summed E-state index contributed by atoms with van der Waals surface area (Å²) in [5.74, 6) is 0.0389. The largest absolute Gasteiger partial charge is 0.469 e. The third-order valence-electron chi connectivity index (χ3n) is 4.07. The third-order valence-corrected chi connectivity index (χ3v) is 4.07. The number of likely N-dealkylation sites (tertiary alicyclic amines) is 1. The zero-order chi connectivity index (χ0) is 15.4. The van der Waals surface area contributed by atoms with Crippen molar-refractivity contribution < 1.29 is 14.3 Å². The van der Waals surface area contributed by atoms with Crippen LogP contribution in [-0.2, 0) is 9.53 Å². The minimum Gasteiger partial charge on any atom is -0.469 e. The molecule has 1 unspecified atom stereocenters. The summed E-state index contributed by atoms with van der Waals surface area (Å²) in [7, 11) is 1.40. The SMILES string of the molecule is COC(=O)C1CCCN(C(=O)c2ccc(C(C)C)cc2)C1. The van der Waals surface area contributed by atoms with Crippen molar-refractivity contribution in [2.24, 2.45) is 5.92 Å². The smallest absolute Gasteiger partial charge is 0.310 e. The highest BCUT2D eigenvalue weighted by atomic mass is 16.5. The van der Waals surface area contributed by atoms with Gasteiger partial charge in [-0.3, -0.25) is 9.59 Å². The highest BCUT2D eigenvalue weighted by molar-refractivity contribution is 5.94. The fourth-order valence-electron chi connectivity index (χ4n) is 2.71. The maximum absolute atomic E-state index is 12.5. The van der Waals surface area contributed by atoms with E-state index in [-0.39, 0.29) is 17.8 Å². The summed E-state index contributed by atoms with van der Waals surface area (Å²) in [6.45, 7) is 5.42. The van der Waals surface area contributed by atoms with Crippen molar-refractivity contribution >= 4 is 11.9 Å². The molecule has 1 aliphatic heterocycles. The molecule has 1 aromatic carbocycles. The highest BCUT2D eigenvalue weighted by Gasteiger charge is 2.29. The van der Waals surface area contributed by atoms with Gasteiger partial charge in [-0.25, -0.2) is 0 Å². The molecule has 4 heteroatoms. The van der Waals surface area contributed by atoms with Crippen molar-refractivity contribution in [3.63, 3.8) is 0 Å². The molecule has 114 valence electrons. The van der Waals surface area contributed by atoms with Crippen molar-refractivity contribution in [2.45, 2.75) is 32.6 Å². The predicted octanol–water partition coefficient (Wildman–Crippen LogP) is 2.84. The molecular weight excluding hydrogens is 266 g/mol. The number of carbonyl (C=O) groups is 2. The van der Waals surface area contributed by atoms with Crippen LogP contribution >= 0.6 is 0 Å². The average molecular weight is 289 g/mol. The van der Waals surface area contributed by atoms with Gasteiger partial charge in [0.1, 0.15) is 0 Å². The van der Waals surface area contributed by atoms with Crippen LogP contribution in [0.4, 0.5) is 0 Å². The molecule has 0 saturated carbocycles. The van der Waals surface area contributed by atoms with Gasteiger partial charge >= 0.3 is 5.97 Å². The molecule has 21 heavy (non-hydrogen) atoms. The highest BCUT2D eigenvalue weighted by Crippen LogP contribution is 2.21. The standard InChI is InChI=1S/C17H23NO3/c1-12(2)13-6-8-14(9-7-13)16(19)18-10-4-5-15(11-18)17(20)21-3/h6-9,12,15H,4-5,10-11H2,1-3H3. The van der Waals surface area contributed by atoms with E-state index in [9.17, 15) is 9.59 Å². The summed E-state index contributed by atoms with van der Waals surface area (Å²) in [4.78, 5) is 25.9. The normalized spacial score (nSPS) is 18.7. The van der Waals surface area contributed by atoms with Gasteiger partial charge in [0.25, 0.3) is 5.91 Å². The Morgan fingerprint density at radius 3 is 2.48 bits per heavy atom. The fraction of sp³-hybridized carbons (Fsp3) is 0.529. The fourth-order valence-corrected chi connectivity index (χ4v) is 2.71. The third kappa shape index (κ3) is 3.63. The Morgan fingerprint density at radius 1 is 1.24 bits per heavy atom. The van der Waals surface area contributed by atoms with Crippen molar-refractivity contribution in [3.8, 4) is 0 Å². The summed E-state index contributed by atoms with van der Waals surface area (Å²) in [5, 5.41) is 0. The van der Waals surface area contributed by atoms with Gasteiger partial charge in [-0.05, 0) is 36.5 Å². The lowest BCUT2D eigenvalue weighted by atomic mass is 9.97. The first-order valence-electron chi connectivity index (χ1n) is 7.50. The zero-order valence-corrected chi connectivity index (χ0v) is 13.0. The number of nitrogens with zero attached hydrogens (tertiary/aromatic N) is 1. The van der Waals surface area contributed by atoms with Crippen LogP contribution in [0.1, 0.15) is 48.5 Å². The van der Waals surface area contributed by atoms with E-state index in [2.05, 4.69) is 13.8 Å². The first-order valence-corrected chi connectivity index (χ1v) is 7.50. The number of hydrogen-bond acceptors (Lipinski definition) is 3. The molecule has 1 saturated heterocycles. The van der Waals surface area contributed by atoms with Crippen LogP contribution < -0.4 is 0 Å². The van der Waals surface area contributed by atoms with Crippen LogP contribution in [0.25, 0.3) is 0 Å². The molecule has 1 amide bonds. The number of benzene rings is 1. The van der Waals surface area contributed by atoms with E-state index in [1.54, 1.807) is 4.90 Å². The number of amides is 1. The van der Waals surface area contributed by atoms with Crippen LogP contribution in [0.5, 0.6) is 0 Å². The van der Waals surface area contributed by atoms with E-state index < -0.39 is 0 Å². The van der Waals surface area contributed by atoms with E-state index in [1.807, 2.05) is 24.3 Å². The summed E-state index contributed by atoms with van der Waals surface area (Å²) in [6.07, 6.45) is 1.64. The molecule has 1 heterocycles. The van der Waals surface area contributed by atoms with Crippen molar-refractivity contribution in [3.05, 3.63) is 35.4 Å². The summed E-state index contributed by atoms with van der Waals surface area (Å²) >= 11 is 0. The van der Waals surface area contributed by atoms with E-state index in [1.165, 1.54) is 12.7 Å². The molecule has 2 rings (SSSR count). The maximum atomic E-state index is 12.5. The van der Waals surface area contributed by atoms with Crippen LogP contribution in [0, 0.1) is 5.92 Å². The van der Waals surface area contributed by atoms with Gasteiger partial charge in [-0.1, -0.05) is 26.0 Å². The minimum absolute atomic E-state index is 0.00101. The van der Waals surface area contributed by atoms with Crippen LogP contribution in [0.15, 0.2) is 24.3 Å². The second-order valence-electron chi connectivity index (χ2n) is 5.89. The lowest BCUT2D eigenvalue weighted by molar-refractivity contribution is -0.146. The number of rotatable bonds is 3. The number of piperidine rings is 1. The number of hydrogen-bond donors (Lipinski definition) is 0. The molecule has 0 aliphatic carbocycles. The minimum atomic E-state index is -0.220. The van der Waals surface area contributed by atoms with Crippen LogP contribution in [0.3, 0.4) is 0 Å². The van der Waals surface area contributed by atoms with Gasteiger partial charge in [0, 0.05) is 18.7 Å². The molecule has 0 spiro atoms. The Labute approximate surface area is 126 Å². The second kappa shape index (κ2) is 6.74. The number of methoxy groups -OCH3 is 1. The van der Waals surface area contributed by atoms with Crippen molar-refractivity contribution in [2.75, 3.05) is 20.2 Å². The topological polar surface area (TPSA) is 46.6 Å². The Bertz CT molecular complexity index is 507. The van der Waals surface area contributed by atoms with E-state index in [4.69, 9.17) is 4.74 Å². The average Bonchev–Trinajstić information content (AvgIpc) is 2.53. The molecule has 1 aromatic rings. The number of carbonyl (C=O) groups excluding carboxylic acids is 2. The molecule has 0 radical (unpaired) electrons. The van der Waals surface area contributed by atoms with E-state index in [0.717, 1.165) is 12.8 Å². The van der Waals surface area contributed by atoms with Gasteiger partial charge in [-0.2, -0.15) is 0 Å². The Hall–Kier alpha value is -1.84. The van der Waals surface area contributed by atoms with E-state index >= 15 is 0 Å². The molecule has 0 aromatic heterocycles. The van der Waals surface area contributed by atoms with Crippen LogP contribution in [-0.4, -0.2) is 37.0 Å². The van der Waals surface area contributed by atoms with Gasteiger partial charge in [0.2, 0.25) is 0 Å². The first-order chi connectivity index (χ1) is 10.0. The molecule has 1 atom stereocenters. The zero-order valence-electron chi connectivity index (χ0n) is 13.0. The molecular formula is C17H23NO3. The molecule has 4 nitrogen and oxygen atoms in total. The molecule has 1 aliphatic rings. The maximum Gasteiger partial charge on any atom is 0.310 e. The lowest BCUT2D eigenvalue weighted by Crippen LogP contribution is -2.42. The molecule has 1 fully saturated rings. The second-order valence-corrected chi connectivity index (χ2v) is 5.89. The van der Waals surface area contributed by atoms with Gasteiger partial charge in [0.05, 0.1) is 13.0 Å². The monoisotopic (exact) mass is 289 g/mol. The summed E-state index contributed by atoms with van der Waals surface area (Å²) in [5.41, 5.74) is 1.91. The van der Waals surface area contributed by atoms with Gasteiger partial charge < -0.3 is 9.64 Å². The first kappa shape index (κ1) is 15.5. The van der Waals surface area contributed by atoms with Gasteiger partial charge in [0.15, 0.2) is 0 Å².